The lowest BCUT2D eigenvalue weighted by Gasteiger charge is -2.04. The first kappa shape index (κ1) is 10.6. The molecule has 0 aromatic carbocycles. The lowest BCUT2D eigenvalue weighted by atomic mass is 10.4. The van der Waals surface area contributed by atoms with Gasteiger partial charge in [-0.15, -0.1) is 0 Å². The molecule has 0 aliphatic heterocycles. The molecule has 0 spiro atoms. The number of hydrogen-bond donors (Lipinski definition) is 2. The van der Waals surface area contributed by atoms with Crippen molar-refractivity contribution >= 4 is 11.9 Å². The smallest absolute Gasteiger partial charge is 0.240 e. The van der Waals surface area contributed by atoms with Gasteiger partial charge in [0.2, 0.25) is 11.9 Å². The number of nitrogens with zero attached hydrogens (tertiary/aromatic N) is 2. The Morgan fingerprint density at radius 3 is 2.43 bits per heavy atom. The standard InChI is InChI=1S/C9H14N4O/c1-6-4-7(2)12-9(11-6)13-8(14)5-10-3/h4,10H,5H2,1-3H3,(H,11,12,13,14). The Morgan fingerprint density at radius 2 is 1.93 bits per heavy atom. The Hall–Kier alpha value is -1.49. The van der Waals surface area contributed by atoms with E-state index in [-0.39, 0.29) is 12.5 Å². The molecule has 0 fully saturated rings. The van der Waals surface area contributed by atoms with E-state index >= 15 is 0 Å². The van der Waals surface area contributed by atoms with Crippen molar-refractivity contribution in [1.29, 1.82) is 0 Å². The zero-order chi connectivity index (χ0) is 10.6. The van der Waals surface area contributed by atoms with Crippen molar-refractivity contribution in [2.24, 2.45) is 0 Å². The Bertz CT molecular complexity index is 317. The molecule has 1 amide bonds. The van der Waals surface area contributed by atoms with E-state index in [0.717, 1.165) is 11.4 Å². The number of likely N-dealkylation sites (N-methyl/N-ethyl adjacent to an activating group) is 1. The van der Waals surface area contributed by atoms with Crippen LogP contribution in [0.25, 0.3) is 0 Å². The summed E-state index contributed by atoms with van der Waals surface area (Å²) in [4.78, 5) is 19.4. The summed E-state index contributed by atoms with van der Waals surface area (Å²) in [6.45, 7) is 3.99. The molecule has 1 rings (SSSR count). The molecular formula is C9H14N4O. The highest BCUT2D eigenvalue weighted by atomic mass is 16.2. The van der Waals surface area contributed by atoms with Crippen LogP contribution in [0.5, 0.6) is 0 Å². The van der Waals surface area contributed by atoms with Crippen LogP contribution in [0.3, 0.4) is 0 Å². The second-order valence-electron chi connectivity index (χ2n) is 3.05. The van der Waals surface area contributed by atoms with E-state index in [9.17, 15) is 4.79 Å². The molecule has 14 heavy (non-hydrogen) atoms. The zero-order valence-electron chi connectivity index (χ0n) is 8.59. The quantitative estimate of drug-likeness (QED) is 0.724. The molecule has 0 unspecified atom stereocenters. The minimum atomic E-state index is -0.141. The second-order valence-corrected chi connectivity index (χ2v) is 3.05. The Kier molecular flexibility index (Phi) is 3.53. The molecule has 0 saturated carbocycles. The molecule has 1 aromatic heterocycles. The molecule has 0 radical (unpaired) electrons. The third kappa shape index (κ3) is 3.10. The minimum absolute atomic E-state index is 0.141. The normalized spacial score (nSPS) is 9.93. The van der Waals surface area contributed by atoms with Gasteiger partial charge in [-0.1, -0.05) is 0 Å². The molecule has 0 bridgehead atoms. The van der Waals surface area contributed by atoms with Crippen LogP contribution in [0.2, 0.25) is 0 Å². The van der Waals surface area contributed by atoms with Crippen LogP contribution in [-0.4, -0.2) is 29.5 Å². The van der Waals surface area contributed by atoms with Crippen LogP contribution in [0.15, 0.2) is 6.07 Å². The number of amides is 1. The van der Waals surface area contributed by atoms with Crippen molar-refractivity contribution in [3.05, 3.63) is 17.5 Å². The summed E-state index contributed by atoms with van der Waals surface area (Å²) in [5.41, 5.74) is 1.69. The van der Waals surface area contributed by atoms with Gasteiger partial charge in [-0.25, -0.2) is 9.97 Å². The van der Waals surface area contributed by atoms with Gasteiger partial charge in [0.1, 0.15) is 0 Å². The van der Waals surface area contributed by atoms with Gasteiger partial charge in [0.15, 0.2) is 0 Å². The van der Waals surface area contributed by atoms with Gasteiger partial charge in [0.25, 0.3) is 0 Å². The third-order valence-electron chi connectivity index (χ3n) is 1.57. The summed E-state index contributed by atoms with van der Waals surface area (Å²) in [6.07, 6.45) is 0. The maximum atomic E-state index is 11.2. The number of aryl methyl sites for hydroxylation is 2. The van der Waals surface area contributed by atoms with E-state index in [1.165, 1.54) is 0 Å². The van der Waals surface area contributed by atoms with E-state index in [1.807, 2.05) is 19.9 Å². The van der Waals surface area contributed by atoms with Crippen molar-refractivity contribution in [2.75, 3.05) is 18.9 Å². The summed E-state index contributed by atoms with van der Waals surface area (Å²) < 4.78 is 0. The highest BCUT2D eigenvalue weighted by Gasteiger charge is 2.03. The fourth-order valence-corrected chi connectivity index (χ4v) is 1.11. The van der Waals surface area contributed by atoms with Crippen molar-refractivity contribution < 1.29 is 4.79 Å². The number of nitrogens with one attached hydrogen (secondary N) is 2. The molecule has 5 heteroatoms. The average molecular weight is 194 g/mol. The average Bonchev–Trinajstić information content (AvgIpc) is 2.01. The molecule has 0 aliphatic carbocycles. The van der Waals surface area contributed by atoms with Crippen LogP contribution in [-0.2, 0) is 4.79 Å². The number of anilines is 1. The summed E-state index contributed by atoms with van der Waals surface area (Å²) >= 11 is 0. The first-order chi connectivity index (χ1) is 6.61. The fourth-order valence-electron chi connectivity index (χ4n) is 1.11. The largest absolute Gasteiger partial charge is 0.311 e. The third-order valence-corrected chi connectivity index (χ3v) is 1.57. The van der Waals surface area contributed by atoms with Gasteiger partial charge in [-0.3, -0.25) is 10.1 Å². The van der Waals surface area contributed by atoms with Crippen LogP contribution in [0, 0.1) is 13.8 Å². The van der Waals surface area contributed by atoms with Crippen molar-refractivity contribution in [1.82, 2.24) is 15.3 Å². The first-order valence-corrected chi connectivity index (χ1v) is 4.38. The highest BCUT2D eigenvalue weighted by molar-refractivity contribution is 5.90. The van der Waals surface area contributed by atoms with Crippen LogP contribution < -0.4 is 10.6 Å². The van der Waals surface area contributed by atoms with E-state index < -0.39 is 0 Å². The van der Waals surface area contributed by atoms with Crippen molar-refractivity contribution in [3.63, 3.8) is 0 Å². The maximum Gasteiger partial charge on any atom is 0.240 e. The Morgan fingerprint density at radius 1 is 1.36 bits per heavy atom. The van der Waals surface area contributed by atoms with Crippen LogP contribution >= 0.6 is 0 Å². The molecule has 5 nitrogen and oxygen atoms in total. The number of aromatic nitrogens is 2. The maximum absolute atomic E-state index is 11.2. The summed E-state index contributed by atoms with van der Waals surface area (Å²) in [5.74, 6) is 0.222. The summed E-state index contributed by atoms with van der Waals surface area (Å²) in [5, 5.41) is 5.35. The highest BCUT2D eigenvalue weighted by Crippen LogP contribution is 2.02. The minimum Gasteiger partial charge on any atom is -0.311 e. The van der Waals surface area contributed by atoms with E-state index in [1.54, 1.807) is 7.05 Å². The lowest BCUT2D eigenvalue weighted by Crippen LogP contribution is -2.26. The summed E-state index contributed by atoms with van der Waals surface area (Å²) in [7, 11) is 1.71. The van der Waals surface area contributed by atoms with Crippen molar-refractivity contribution in [3.8, 4) is 0 Å². The van der Waals surface area contributed by atoms with Crippen molar-refractivity contribution in [2.45, 2.75) is 13.8 Å². The lowest BCUT2D eigenvalue weighted by molar-refractivity contribution is -0.115. The first-order valence-electron chi connectivity index (χ1n) is 4.38. The van der Waals surface area contributed by atoms with Gasteiger partial charge in [-0.2, -0.15) is 0 Å². The summed E-state index contributed by atoms with van der Waals surface area (Å²) in [6, 6.07) is 1.85. The predicted molar refractivity (Wildman–Crippen MR) is 54.1 cm³/mol. The predicted octanol–water partition coefficient (Wildman–Crippen LogP) is 0.251. The second kappa shape index (κ2) is 4.66. The molecule has 2 N–H and O–H groups in total. The van der Waals surface area contributed by atoms with Crippen LogP contribution in [0.1, 0.15) is 11.4 Å². The number of hydrogen-bond acceptors (Lipinski definition) is 4. The number of carbonyl (C=O) groups excluding carboxylic acids is 1. The van der Waals surface area contributed by atoms with Gasteiger partial charge >= 0.3 is 0 Å². The molecule has 76 valence electrons. The molecule has 1 aromatic rings. The van der Waals surface area contributed by atoms with E-state index in [4.69, 9.17) is 0 Å². The van der Waals surface area contributed by atoms with Gasteiger partial charge in [0, 0.05) is 11.4 Å². The zero-order valence-corrected chi connectivity index (χ0v) is 8.59. The topological polar surface area (TPSA) is 66.9 Å². The fraction of sp³-hybridized carbons (Fsp3) is 0.444. The number of carbonyl (C=O) groups is 1. The van der Waals surface area contributed by atoms with Gasteiger partial charge in [-0.05, 0) is 27.0 Å². The molecule has 0 atom stereocenters. The Labute approximate surface area is 83.0 Å². The Balaban J connectivity index is 2.71. The molecule has 0 saturated heterocycles. The monoisotopic (exact) mass is 194 g/mol. The SMILES string of the molecule is CNCC(=O)Nc1nc(C)cc(C)n1. The number of rotatable bonds is 3. The van der Waals surface area contributed by atoms with Gasteiger partial charge < -0.3 is 5.32 Å². The molecular weight excluding hydrogens is 180 g/mol. The molecule has 1 heterocycles. The van der Waals surface area contributed by atoms with Crippen LogP contribution in [0.4, 0.5) is 5.95 Å². The van der Waals surface area contributed by atoms with E-state index in [2.05, 4.69) is 20.6 Å². The van der Waals surface area contributed by atoms with E-state index in [0.29, 0.717) is 5.95 Å². The van der Waals surface area contributed by atoms with Gasteiger partial charge in [0.05, 0.1) is 6.54 Å². The molecule has 0 aliphatic rings.